The van der Waals surface area contributed by atoms with Gasteiger partial charge in [0, 0.05) is 25.4 Å². The van der Waals surface area contributed by atoms with Crippen molar-refractivity contribution in [2.24, 2.45) is 0 Å². The van der Waals surface area contributed by atoms with E-state index in [-0.39, 0.29) is 24.7 Å². The summed E-state index contributed by atoms with van der Waals surface area (Å²) in [6.07, 6.45) is -3.42. The summed E-state index contributed by atoms with van der Waals surface area (Å²) in [5, 5.41) is 3.15. The molecular formula is C12H15F3N2O2. The number of hydrogen-bond donors (Lipinski definition) is 1. The minimum Gasteiger partial charge on any atom is -0.475 e. The van der Waals surface area contributed by atoms with Crippen LogP contribution in [0.3, 0.4) is 0 Å². The van der Waals surface area contributed by atoms with Crippen molar-refractivity contribution in [2.45, 2.75) is 25.3 Å². The third-order valence-corrected chi connectivity index (χ3v) is 2.71. The molecular weight excluding hydrogens is 261 g/mol. The number of nitrogens with one attached hydrogen (secondary N) is 1. The van der Waals surface area contributed by atoms with Gasteiger partial charge in [-0.15, -0.1) is 0 Å². The van der Waals surface area contributed by atoms with Gasteiger partial charge in [-0.05, 0) is 13.0 Å². The molecule has 19 heavy (non-hydrogen) atoms. The molecule has 1 N–H and O–H groups in total. The first kappa shape index (κ1) is 14.1. The summed E-state index contributed by atoms with van der Waals surface area (Å²) in [7, 11) is 0. The average Bonchev–Trinajstić information content (AvgIpc) is 2.36. The number of nitrogens with zero attached hydrogens (tertiary/aromatic N) is 1. The highest BCUT2D eigenvalue weighted by molar-refractivity contribution is 5.22. The lowest BCUT2D eigenvalue weighted by atomic mass is 10.2. The van der Waals surface area contributed by atoms with Gasteiger partial charge in [-0.3, -0.25) is 0 Å². The summed E-state index contributed by atoms with van der Waals surface area (Å²) in [6.45, 7) is 3.47. The molecule has 1 aliphatic rings. The van der Waals surface area contributed by atoms with Crippen molar-refractivity contribution in [2.75, 3.05) is 19.7 Å². The molecule has 0 aromatic carbocycles. The number of aromatic nitrogens is 1. The Balaban J connectivity index is 1.92. The van der Waals surface area contributed by atoms with E-state index in [9.17, 15) is 13.2 Å². The summed E-state index contributed by atoms with van der Waals surface area (Å²) in [4.78, 5) is 3.76. The van der Waals surface area contributed by atoms with Gasteiger partial charge in [0.05, 0.1) is 11.7 Å². The molecule has 0 radical (unpaired) electrons. The molecule has 0 aliphatic carbocycles. The Morgan fingerprint density at radius 1 is 1.47 bits per heavy atom. The minimum atomic E-state index is -4.39. The molecule has 7 heteroatoms. The monoisotopic (exact) mass is 276 g/mol. The molecule has 2 heterocycles. The zero-order valence-corrected chi connectivity index (χ0v) is 10.4. The Bertz CT molecular complexity index is 426. The van der Waals surface area contributed by atoms with Crippen LogP contribution in [0.25, 0.3) is 0 Å². The van der Waals surface area contributed by atoms with E-state index in [2.05, 4.69) is 10.3 Å². The zero-order valence-electron chi connectivity index (χ0n) is 10.4. The van der Waals surface area contributed by atoms with Crippen LogP contribution in [0, 0.1) is 0 Å². The van der Waals surface area contributed by atoms with Gasteiger partial charge in [0.1, 0.15) is 12.7 Å². The van der Waals surface area contributed by atoms with Gasteiger partial charge < -0.3 is 14.8 Å². The van der Waals surface area contributed by atoms with Gasteiger partial charge in [-0.2, -0.15) is 13.2 Å². The molecule has 1 fully saturated rings. The van der Waals surface area contributed by atoms with E-state index in [0.717, 1.165) is 24.9 Å². The molecule has 0 amide bonds. The summed E-state index contributed by atoms with van der Waals surface area (Å²) in [6, 6.07) is 1.80. The first-order chi connectivity index (χ1) is 8.95. The van der Waals surface area contributed by atoms with Crippen molar-refractivity contribution < 1.29 is 22.6 Å². The maximum atomic E-state index is 12.5. The van der Waals surface area contributed by atoms with E-state index in [1.807, 2.05) is 6.92 Å². The summed E-state index contributed by atoms with van der Waals surface area (Å²) in [5.41, 5.74) is -0.770. The Hall–Kier alpha value is -1.34. The van der Waals surface area contributed by atoms with E-state index in [4.69, 9.17) is 9.47 Å². The van der Waals surface area contributed by atoms with Crippen LogP contribution in [0.5, 0.6) is 5.88 Å². The van der Waals surface area contributed by atoms with Crippen LogP contribution in [-0.2, 0) is 10.9 Å². The van der Waals surface area contributed by atoms with Gasteiger partial charge >= 0.3 is 6.18 Å². The standard InChI is InChI=1S/C12H15F3N2O2/c1-8-5-16-6-10(19-8)7-18-11-4-9(2-3-17-11)12(13,14)15/h2-4,8,10,16H,5-7H2,1H3. The quantitative estimate of drug-likeness (QED) is 0.915. The average molecular weight is 276 g/mol. The van der Waals surface area contributed by atoms with Crippen molar-refractivity contribution in [3.8, 4) is 5.88 Å². The predicted molar refractivity (Wildman–Crippen MR) is 61.9 cm³/mol. The Kier molecular flexibility index (Phi) is 4.26. The van der Waals surface area contributed by atoms with Crippen LogP contribution in [0.1, 0.15) is 12.5 Å². The molecule has 1 aromatic rings. The molecule has 0 bridgehead atoms. The topological polar surface area (TPSA) is 43.4 Å². The van der Waals surface area contributed by atoms with Gasteiger partial charge in [0.15, 0.2) is 0 Å². The fourth-order valence-corrected chi connectivity index (χ4v) is 1.81. The van der Waals surface area contributed by atoms with Crippen LogP contribution < -0.4 is 10.1 Å². The molecule has 0 saturated carbocycles. The van der Waals surface area contributed by atoms with Crippen LogP contribution >= 0.6 is 0 Å². The lowest BCUT2D eigenvalue weighted by Crippen LogP contribution is -2.45. The predicted octanol–water partition coefficient (Wildman–Crippen LogP) is 1.86. The summed E-state index contributed by atoms with van der Waals surface area (Å²) < 4.78 is 48.3. The normalized spacial score (nSPS) is 24.2. The van der Waals surface area contributed by atoms with Gasteiger partial charge in [0.2, 0.25) is 5.88 Å². The fraction of sp³-hybridized carbons (Fsp3) is 0.583. The van der Waals surface area contributed by atoms with Gasteiger partial charge in [-0.25, -0.2) is 4.98 Å². The SMILES string of the molecule is CC1CNCC(COc2cc(C(F)(F)F)ccn2)O1. The number of pyridine rings is 1. The van der Waals surface area contributed by atoms with Crippen LogP contribution in [0.4, 0.5) is 13.2 Å². The molecule has 4 nitrogen and oxygen atoms in total. The molecule has 2 rings (SSSR count). The highest BCUT2D eigenvalue weighted by Crippen LogP contribution is 2.30. The van der Waals surface area contributed by atoms with Crippen LogP contribution in [0.15, 0.2) is 18.3 Å². The lowest BCUT2D eigenvalue weighted by molar-refractivity contribution is -0.137. The molecule has 2 unspecified atom stereocenters. The molecule has 106 valence electrons. The molecule has 1 aliphatic heterocycles. The lowest BCUT2D eigenvalue weighted by Gasteiger charge is -2.28. The van der Waals surface area contributed by atoms with E-state index >= 15 is 0 Å². The molecule has 1 saturated heterocycles. The fourth-order valence-electron chi connectivity index (χ4n) is 1.81. The van der Waals surface area contributed by atoms with E-state index in [1.165, 1.54) is 0 Å². The van der Waals surface area contributed by atoms with Crippen molar-refractivity contribution in [1.29, 1.82) is 0 Å². The largest absolute Gasteiger partial charge is 0.475 e. The molecule has 0 spiro atoms. The Morgan fingerprint density at radius 3 is 2.95 bits per heavy atom. The van der Waals surface area contributed by atoms with Crippen molar-refractivity contribution in [3.63, 3.8) is 0 Å². The van der Waals surface area contributed by atoms with E-state index < -0.39 is 11.7 Å². The van der Waals surface area contributed by atoms with Crippen molar-refractivity contribution in [1.82, 2.24) is 10.3 Å². The second-order valence-corrected chi connectivity index (χ2v) is 4.42. The maximum absolute atomic E-state index is 12.5. The number of hydrogen-bond acceptors (Lipinski definition) is 4. The summed E-state index contributed by atoms with van der Waals surface area (Å²) in [5.74, 6) is -0.0448. The maximum Gasteiger partial charge on any atom is 0.416 e. The van der Waals surface area contributed by atoms with E-state index in [1.54, 1.807) is 0 Å². The van der Waals surface area contributed by atoms with Gasteiger partial charge in [-0.1, -0.05) is 0 Å². The number of rotatable bonds is 3. The minimum absolute atomic E-state index is 0.0448. The second-order valence-electron chi connectivity index (χ2n) is 4.42. The Morgan fingerprint density at radius 2 is 2.26 bits per heavy atom. The third-order valence-electron chi connectivity index (χ3n) is 2.71. The highest BCUT2D eigenvalue weighted by atomic mass is 19.4. The van der Waals surface area contributed by atoms with E-state index in [0.29, 0.717) is 6.54 Å². The van der Waals surface area contributed by atoms with Crippen molar-refractivity contribution in [3.05, 3.63) is 23.9 Å². The highest BCUT2D eigenvalue weighted by Gasteiger charge is 2.31. The van der Waals surface area contributed by atoms with Crippen LogP contribution in [-0.4, -0.2) is 36.9 Å². The van der Waals surface area contributed by atoms with Crippen LogP contribution in [0.2, 0.25) is 0 Å². The number of halogens is 3. The summed E-state index contributed by atoms with van der Waals surface area (Å²) >= 11 is 0. The second kappa shape index (κ2) is 5.75. The molecule has 1 aromatic heterocycles. The first-order valence-corrected chi connectivity index (χ1v) is 5.97. The molecule has 2 atom stereocenters. The zero-order chi connectivity index (χ0) is 13.9. The smallest absolute Gasteiger partial charge is 0.416 e. The number of ether oxygens (including phenoxy) is 2. The Labute approximate surface area is 108 Å². The number of alkyl halides is 3. The van der Waals surface area contributed by atoms with Crippen molar-refractivity contribution >= 4 is 0 Å². The first-order valence-electron chi connectivity index (χ1n) is 5.97. The third kappa shape index (κ3) is 4.07. The number of morpholine rings is 1. The van der Waals surface area contributed by atoms with Gasteiger partial charge in [0.25, 0.3) is 0 Å².